The molecule has 1 saturated heterocycles. The molecule has 0 saturated carbocycles. The molecule has 5 heteroatoms. The van der Waals surface area contributed by atoms with Crippen LogP contribution in [0.1, 0.15) is 0 Å². The number of fused-ring (bicyclic) bond motifs is 1. The van der Waals surface area contributed by atoms with Crippen LogP contribution in [0.2, 0.25) is 0 Å². The zero-order valence-corrected chi connectivity index (χ0v) is 18.1. The van der Waals surface area contributed by atoms with E-state index in [1.807, 2.05) is 65.7 Å². The molecule has 0 aliphatic carbocycles. The van der Waals surface area contributed by atoms with Crippen LogP contribution in [0.15, 0.2) is 97.2 Å². The molecule has 0 radical (unpaired) electrons. The molecule has 0 unspecified atom stereocenters. The fraction of sp³-hybridized carbons (Fsp3) is 0.185. The SMILES string of the molecule is O=C(C[NH+]1CCN(c2cccc[nH+]2)CC1)N(c1ccccc1)c1ccc2ccccc2c1. The Morgan fingerprint density at radius 1 is 0.812 bits per heavy atom. The molecule has 0 atom stereocenters. The molecule has 4 aromatic rings. The molecule has 5 nitrogen and oxygen atoms in total. The van der Waals surface area contributed by atoms with Crippen LogP contribution in [0, 0.1) is 0 Å². The smallest absolute Gasteiger partial charge is 0.286 e. The Bertz CT molecular complexity index is 1190. The van der Waals surface area contributed by atoms with E-state index < -0.39 is 0 Å². The third-order valence-corrected chi connectivity index (χ3v) is 6.16. The first kappa shape index (κ1) is 20.2. The van der Waals surface area contributed by atoms with E-state index in [0.29, 0.717) is 6.54 Å². The van der Waals surface area contributed by atoms with Crippen LogP contribution in [0.5, 0.6) is 0 Å². The number of aromatic nitrogens is 1. The molecule has 1 fully saturated rings. The number of aromatic amines is 1. The van der Waals surface area contributed by atoms with Crippen LogP contribution in [0.25, 0.3) is 10.8 Å². The largest absolute Gasteiger partial charge is 0.321 e. The number of H-pyrrole nitrogens is 1. The standard InChI is InChI=1S/C27H26N4O/c32-27(21-29-16-18-30(19-17-29)26-12-6-7-15-28-26)31(24-10-2-1-3-11-24)25-14-13-22-8-4-5-9-23(22)20-25/h1-15,20H,16-19,21H2/p+2. The summed E-state index contributed by atoms with van der Waals surface area (Å²) >= 11 is 0. The first-order valence-corrected chi connectivity index (χ1v) is 11.2. The van der Waals surface area contributed by atoms with Gasteiger partial charge in [0.25, 0.3) is 11.7 Å². The summed E-state index contributed by atoms with van der Waals surface area (Å²) in [5.41, 5.74) is 1.82. The Balaban J connectivity index is 1.35. The highest BCUT2D eigenvalue weighted by molar-refractivity contribution is 6.02. The lowest BCUT2D eigenvalue weighted by Crippen LogP contribution is -3.16. The number of hydrogen-bond acceptors (Lipinski definition) is 2. The monoisotopic (exact) mass is 424 g/mol. The molecule has 0 bridgehead atoms. The van der Waals surface area contributed by atoms with Gasteiger partial charge in [0.1, 0.15) is 26.2 Å². The number of hydrogen-bond donors (Lipinski definition) is 1. The van der Waals surface area contributed by atoms with E-state index in [2.05, 4.69) is 46.3 Å². The van der Waals surface area contributed by atoms with E-state index in [-0.39, 0.29) is 5.91 Å². The maximum absolute atomic E-state index is 13.6. The van der Waals surface area contributed by atoms with Crippen molar-refractivity contribution >= 4 is 33.9 Å². The predicted molar refractivity (Wildman–Crippen MR) is 128 cm³/mol. The van der Waals surface area contributed by atoms with Gasteiger partial charge in [-0.1, -0.05) is 54.6 Å². The number of anilines is 3. The minimum Gasteiger partial charge on any atom is -0.321 e. The number of rotatable bonds is 5. The second kappa shape index (κ2) is 9.20. The van der Waals surface area contributed by atoms with Gasteiger partial charge in [-0.15, -0.1) is 0 Å². The second-order valence-electron chi connectivity index (χ2n) is 8.26. The fourth-order valence-corrected chi connectivity index (χ4v) is 4.44. The summed E-state index contributed by atoms with van der Waals surface area (Å²) in [6.45, 7) is 4.23. The molecule has 160 valence electrons. The molecule has 0 spiro atoms. The summed E-state index contributed by atoms with van der Waals surface area (Å²) in [4.78, 5) is 22.4. The van der Waals surface area contributed by atoms with Crippen LogP contribution >= 0.6 is 0 Å². The third kappa shape index (κ3) is 4.34. The molecule has 2 N–H and O–H groups in total. The highest BCUT2D eigenvalue weighted by Gasteiger charge is 2.29. The summed E-state index contributed by atoms with van der Waals surface area (Å²) in [6, 6.07) is 30.6. The minimum atomic E-state index is 0.126. The van der Waals surface area contributed by atoms with Crippen molar-refractivity contribution < 1.29 is 14.7 Å². The van der Waals surface area contributed by atoms with Gasteiger partial charge < -0.3 is 4.90 Å². The highest BCUT2D eigenvalue weighted by Crippen LogP contribution is 2.28. The molecule has 3 aromatic carbocycles. The molecule has 1 amide bonds. The number of carbonyl (C=O) groups is 1. The summed E-state index contributed by atoms with van der Waals surface area (Å²) in [7, 11) is 0. The number of pyridine rings is 1. The van der Waals surface area contributed by atoms with Crippen LogP contribution in [0.3, 0.4) is 0 Å². The summed E-state index contributed by atoms with van der Waals surface area (Å²) in [6.07, 6.45) is 1.96. The lowest BCUT2D eigenvalue weighted by Gasteiger charge is -2.30. The van der Waals surface area contributed by atoms with Crippen LogP contribution in [0.4, 0.5) is 17.2 Å². The minimum absolute atomic E-state index is 0.126. The fourth-order valence-electron chi connectivity index (χ4n) is 4.44. The van der Waals surface area contributed by atoms with Crippen molar-refractivity contribution in [1.82, 2.24) is 0 Å². The average molecular weight is 425 g/mol. The number of nitrogens with zero attached hydrogens (tertiary/aromatic N) is 2. The van der Waals surface area contributed by atoms with E-state index in [0.717, 1.165) is 48.8 Å². The zero-order chi connectivity index (χ0) is 21.8. The van der Waals surface area contributed by atoms with E-state index in [4.69, 9.17) is 0 Å². The Labute approximate surface area is 188 Å². The summed E-state index contributed by atoms with van der Waals surface area (Å²) in [5, 5.41) is 2.31. The van der Waals surface area contributed by atoms with Crippen molar-refractivity contribution in [2.75, 3.05) is 42.5 Å². The van der Waals surface area contributed by atoms with Gasteiger partial charge in [0.2, 0.25) is 0 Å². The molecule has 1 aliphatic rings. The lowest BCUT2D eigenvalue weighted by atomic mass is 10.1. The second-order valence-corrected chi connectivity index (χ2v) is 8.26. The van der Waals surface area contributed by atoms with Gasteiger partial charge in [0.05, 0.1) is 6.20 Å². The van der Waals surface area contributed by atoms with Gasteiger partial charge in [-0.05, 0) is 41.1 Å². The summed E-state index contributed by atoms with van der Waals surface area (Å²) < 4.78 is 0. The van der Waals surface area contributed by atoms with Gasteiger partial charge in [-0.3, -0.25) is 14.6 Å². The molecular formula is C27H28N4O+2. The maximum Gasteiger partial charge on any atom is 0.286 e. The number of benzene rings is 3. The Morgan fingerprint density at radius 3 is 2.28 bits per heavy atom. The van der Waals surface area contributed by atoms with E-state index >= 15 is 0 Å². The number of quaternary nitrogens is 1. The maximum atomic E-state index is 13.6. The van der Waals surface area contributed by atoms with Crippen molar-refractivity contribution in [3.63, 3.8) is 0 Å². The number of carbonyl (C=O) groups excluding carboxylic acids is 1. The number of piperazine rings is 1. The predicted octanol–water partition coefficient (Wildman–Crippen LogP) is 2.72. The van der Waals surface area contributed by atoms with Crippen molar-refractivity contribution in [2.24, 2.45) is 0 Å². The lowest BCUT2D eigenvalue weighted by molar-refractivity contribution is -0.892. The molecule has 2 heterocycles. The number of para-hydroxylation sites is 1. The molecule has 5 rings (SSSR count). The van der Waals surface area contributed by atoms with E-state index in [1.54, 1.807) is 0 Å². The molecule has 1 aromatic heterocycles. The summed E-state index contributed by atoms with van der Waals surface area (Å²) in [5.74, 6) is 1.26. The van der Waals surface area contributed by atoms with Gasteiger partial charge in [-0.2, -0.15) is 0 Å². The van der Waals surface area contributed by atoms with Crippen molar-refractivity contribution in [3.05, 3.63) is 97.2 Å². The average Bonchev–Trinajstić information content (AvgIpc) is 2.86. The highest BCUT2D eigenvalue weighted by atomic mass is 16.2. The topological polar surface area (TPSA) is 42.1 Å². The van der Waals surface area contributed by atoms with Gasteiger partial charge >= 0.3 is 0 Å². The van der Waals surface area contributed by atoms with Crippen LogP contribution < -0.4 is 19.7 Å². The van der Waals surface area contributed by atoms with Gasteiger partial charge in [0, 0.05) is 17.4 Å². The van der Waals surface area contributed by atoms with Crippen LogP contribution in [-0.4, -0.2) is 38.6 Å². The van der Waals surface area contributed by atoms with E-state index in [1.165, 1.54) is 10.3 Å². The van der Waals surface area contributed by atoms with E-state index in [9.17, 15) is 4.79 Å². The third-order valence-electron chi connectivity index (χ3n) is 6.16. The Hall–Kier alpha value is -3.70. The van der Waals surface area contributed by atoms with Crippen LogP contribution in [-0.2, 0) is 4.79 Å². The number of amides is 1. The van der Waals surface area contributed by atoms with Crippen molar-refractivity contribution in [1.29, 1.82) is 0 Å². The molecular weight excluding hydrogens is 396 g/mol. The zero-order valence-electron chi connectivity index (χ0n) is 18.1. The van der Waals surface area contributed by atoms with Crippen molar-refractivity contribution in [2.45, 2.75) is 0 Å². The number of nitrogens with one attached hydrogen (secondary N) is 2. The molecule has 1 aliphatic heterocycles. The Morgan fingerprint density at radius 2 is 1.53 bits per heavy atom. The van der Waals surface area contributed by atoms with Gasteiger partial charge in [-0.25, -0.2) is 4.98 Å². The Kier molecular flexibility index (Phi) is 5.81. The first-order valence-electron chi connectivity index (χ1n) is 11.2. The van der Waals surface area contributed by atoms with Crippen molar-refractivity contribution in [3.8, 4) is 0 Å². The van der Waals surface area contributed by atoms with Gasteiger partial charge in [0.15, 0.2) is 6.54 Å². The quantitative estimate of drug-likeness (QED) is 0.535. The first-order chi connectivity index (χ1) is 15.8. The normalized spacial score (nSPS) is 14.4. The molecule has 32 heavy (non-hydrogen) atoms.